The van der Waals surface area contributed by atoms with Gasteiger partial charge in [0.25, 0.3) is 11.6 Å². The van der Waals surface area contributed by atoms with Gasteiger partial charge >= 0.3 is 0 Å². The van der Waals surface area contributed by atoms with Crippen LogP contribution in [0.3, 0.4) is 0 Å². The van der Waals surface area contributed by atoms with Crippen molar-refractivity contribution in [3.8, 4) is 11.5 Å². The lowest BCUT2D eigenvalue weighted by Gasteiger charge is -2.31. The summed E-state index contributed by atoms with van der Waals surface area (Å²) in [5.74, 6) is 1.37. The quantitative estimate of drug-likeness (QED) is 0.579. The summed E-state index contributed by atoms with van der Waals surface area (Å²) < 4.78 is 10.2. The summed E-state index contributed by atoms with van der Waals surface area (Å²) in [6, 6.07) is 4.11. The van der Waals surface area contributed by atoms with Crippen LogP contribution in [0.1, 0.15) is 30.1 Å². The number of aromatic nitrogens is 2. The molecule has 2 aromatic rings. The van der Waals surface area contributed by atoms with Crippen molar-refractivity contribution in [3.63, 3.8) is 0 Å². The molecule has 0 atom stereocenters. The van der Waals surface area contributed by atoms with Gasteiger partial charge in [0.2, 0.25) is 0 Å². The number of amides is 1. The number of benzene rings is 1. The second-order valence-corrected chi connectivity index (χ2v) is 6.87. The molecule has 1 aliphatic heterocycles. The Morgan fingerprint density at radius 3 is 2.45 bits per heavy atom. The maximum atomic E-state index is 12.8. The second-order valence-electron chi connectivity index (χ2n) is 6.87. The third-order valence-electron chi connectivity index (χ3n) is 4.95. The van der Waals surface area contributed by atoms with Gasteiger partial charge in [0.15, 0.2) is 11.5 Å². The zero-order chi connectivity index (χ0) is 21.0. The largest absolute Gasteiger partial charge is 0.493 e. The van der Waals surface area contributed by atoms with Gasteiger partial charge in [-0.1, -0.05) is 6.92 Å². The SMILES string of the molecule is COc1cc(C(=O)Nc2cc(N3CCC(C)CC3)ncn2)c([N+](=O)[O-])cc1OC. The van der Waals surface area contributed by atoms with Gasteiger partial charge in [0.05, 0.1) is 25.2 Å². The molecule has 0 saturated carbocycles. The first-order chi connectivity index (χ1) is 13.9. The van der Waals surface area contributed by atoms with E-state index < -0.39 is 10.8 Å². The Morgan fingerprint density at radius 1 is 1.17 bits per heavy atom. The summed E-state index contributed by atoms with van der Waals surface area (Å²) in [5, 5.41) is 14.0. The van der Waals surface area contributed by atoms with Gasteiger partial charge in [-0.3, -0.25) is 14.9 Å². The average molecular weight is 401 g/mol. The molecule has 1 aromatic carbocycles. The van der Waals surface area contributed by atoms with Gasteiger partial charge in [-0.25, -0.2) is 9.97 Å². The molecule has 0 unspecified atom stereocenters. The Balaban J connectivity index is 1.85. The Morgan fingerprint density at radius 2 is 1.83 bits per heavy atom. The molecule has 154 valence electrons. The van der Waals surface area contributed by atoms with Crippen LogP contribution in [0.5, 0.6) is 11.5 Å². The number of carbonyl (C=O) groups is 1. The van der Waals surface area contributed by atoms with E-state index in [9.17, 15) is 14.9 Å². The summed E-state index contributed by atoms with van der Waals surface area (Å²) in [7, 11) is 2.76. The number of methoxy groups -OCH3 is 2. The molecule has 0 radical (unpaired) electrons. The number of rotatable bonds is 6. The van der Waals surface area contributed by atoms with Crippen molar-refractivity contribution in [2.45, 2.75) is 19.8 Å². The van der Waals surface area contributed by atoms with Crippen LogP contribution in [-0.2, 0) is 0 Å². The third-order valence-corrected chi connectivity index (χ3v) is 4.95. The monoisotopic (exact) mass is 401 g/mol. The van der Waals surface area contributed by atoms with E-state index in [1.165, 1.54) is 26.6 Å². The molecule has 29 heavy (non-hydrogen) atoms. The van der Waals surface area contributed by atoms with E-state index in [1.807, 2.05) is 0 Å². The maximum Gasteiger partial charge on any atom is 0.286 e. The molecule has 10 nitrogen and oxygen atoms in total. The number of nitro benzene ring substituents is 1. The van der Waals surface area contributed by atoms with Crippen molar-refractivity contribution < 1.29 is 19.2 Å². The molecule has 3 rings (SSSR count). The van der Waals surface area contributed by atoms with Gasteiger partial charge < -0.3 is 19.7 Å². The van der Waals surface area contributed by atoms with Gasteiger partial charge in [0.1, 0.15) is 23.5 Å². The highest BCUT2D eigenvalue weighted by atomic mass is 16.6. The lowest BCUT2D eigenvalue weighted by Crippen LogP contribution is -2.33. The fourth-order valence-corrected chi connectivity index (χ4v) is 3.21. The average Bonchev–Trinajstić information content (AvgIpc) is 2.73. The van der Waals surface area contributed by atoms with Crippen molar-refractivity contribution in [1.29, 1.82) is 0 Å². The molecule has 2 heterocycles. The molecule has 1 aliphatic rings. The number of carbonyl (C=O) groups excluding carboxylic acids is 1. The number of hydrogen-bond donors (Lipinski definition) is 1. The highest BCUT2D eigenvalue weighted by molar-refractivity contribution is 6.07. The van der Waals surface area contributed by atoms with E-state index in [1.54, 1.807) is 6.07 Å². The van der Waals surface area contributed by atoms with E-state index in [4.69, 9.17) is 9.47 Å². The predicted molar refractivity (Wildman–Crippen MR) is 107 cm³/mol. The Bertz CT molecular complexity index is 912. The smallest absolute Gasteiger partial charge is 0.286 e. The van der Waals surface area contributed by atoms with Gasteiger partial charge in [-0.2, -0.15) is 0 Å². The second kappa shape index (κ2) is 8.72. The highest BCUT2D eigenvalue weighted by Gasteiger charge is 2.25. The molecule has 1 N–H and O–H groups in total. The minimum Gasteiger partial charge on any atom is -0.493 e. The van der Waals surface area contributed by atoms with Crippen LogP contribution in [0.2, 0.25) is 0 Å². The number of hydrogen-bond acceptors (Lipinski definition) is 8. The van der Waals surface area contributed by atoms with Crippen molar-refractivity contribution in [2.24, 2.45) is 5.92 Å². The maximum absolute atomic E-state index is 12.8. The van der Waals surface area contributed by atoms with E-state index in [-0.39, 0.29) is 28.6 Å². The van der Waals surface area contributed by atoms with Crippen LogP contribution >= 0.6 is 0 Å². The zero-order valence-corrected chi connectivity index (χ0v) is 16.5. The summed E-state index contributed by atoms with van der Waals surface area (Å²) >= 11 is 0. The summed E-state index contributed by atoms with van der Waals surface area (Å²) in [4.78, 5) is 34.0. The molecule has 10 heteroatoms. The molecular weight excluding hydrogens is 378 g/mol. The zero-order valence-electron chi connectivity index (χ0n) is 16.5. The van der Waals surface area contributed by atoms with Crippen LogP contribution in [-0.4, -0.2) is 48.1 Å². The first-order valence-electron chi connectivity index (χ1n) is 9.21. The first kappa shape index (κ1) is 20.3. The summed E-state index contributed by atoms with van der Waals surface area (Å²) in [5.41, 5.74) is -0.543. The Hall–Kier alpha value is -3.43. The number of ether oxygens (including phenoxy) is 2. The minimum atomic E-state index is -0.672. The number of nitrogens with one attached hydrogen (secondary N) is 1. The standard InChI is InChI=1S/C19H23N5O5/c1-12-4-6-23(7-5-12)18-10-17(20-11-21-18)22-19(25)13-8-15(28-2)16(29-3)9-14(13)24(26)27/h8-12H,4-7H2,1-3H3,(H,20,21,22,25). The fourth-order valence-electron chi connectivity index (χ4n) is 3.21. The number of nitrogens with zero attached hydrogens (tertiary/aromatic N) is 4. The molecule has 0 spiro atoms. The molecule has 0 aliphatic carbocycles. The van der Waals surface area contributed by atoms with Crippen LogP contribution in [0.4, 0.5) is 17.3 Å². The molecule has 1 amide bonds. The number of nitro groups is 1. The Kier molecular flexibility index (Phi) is 6.10. The predicted octanol–water partition coefficient (Wildman–Crippen LogP) is 2.89. The number of piperidine rings is 1. The van der Waals surface area contributed by atoms with Crippen molar-refractivity contribution in [1.82, 2.24) is 9.97 Å². The van der Waals surface area contributed by atoms with Crippen LogP contribution in [0.25, 0.3) is 0 Å². The van der Waals surface area contributed by atoms with Crippen LogP contribution in [0, 0.1) is 16.0 Å². The fraction of sp³-hybridized carbons (Fsp3) is 0.421. The molecule has 1 saturated heterocycles. The van der Waals surface area contributed by atoms with Gasteiger partial charge in [-0.15, -0.1) is 0 Å². The molecule has 1 fully saturated rings. The van der Waals surface area contributed by atoms with E-state index >= 15 is 0 Å². The normalized spacial score (nSPS) is 14.4. The molecular formula is C19H23N5O5. The molecule has 0 bridgehead atoms. The lowest BCUT2D eigenvalue weighted by atomic mass is 9.99. The summed E-state index contributed by atoms with van der Waals surface area (Å²) in [6.45, 7) is 3.98. The third kappa shape index (κ3) is 4.53. The first-order valence-corrected chi connectivity index (χ1v) is 9.21. The number of anilines is 2. The van der Waals surface area contributed by atoms with E-state index in [2.05, 4.69) is 27.1 Å². The van der Waals surface area contributed by atoms with Crippen molar-refractivity contribution >= 4 is 23.2 Å². The van der Waals surface area contributed by atoms with Crippen molar-refractivity contribution in [2.75, 3.05) is 37.5 Å². The minimum absolute atomic E-state index is 0.153. The highest BCUT2D eigenvalue weighted by Crippen LogP contribution is 2.35. The van der Waals surface area contributed by atoms with Gasteiger partial charge in [-0.05, 0) is 18.8 Å². The Labute approximate surface area is 168 Å². The van der Waals surface area contributed by atoms with E-state index in [0.29, 0.717) is 11.7 Å². The van der Waals surface area contributed by atoms with Gasteiger partial charge in [0, 0.05) is 25.2 Å². The topological polar surface area (TPSA) is 120 Å². The van der Waals surface area contributed by atoms with Crippen LogP contribution < -0.4 is 19.7 Å². The molecule has 1 aromatic heterocycles. The van der Waals surface area contributed by atoms with Crippen LogP contribution in [0.15, 0.2) is 24.5 Å². The van der Waals surface area contributed by atoms with Crippen molar-refractivity contribution in [3.05, 3.63) is 40.2 Å². The summed E-state index contributed by atoms with van der Waals surface area (Å²) in [6.07, 6.45) is 3.51. The lowest BCUT2D eigenvalue weighted by molar-refractivity contribution is -0.385. The van der Waals surface area contributed by atoms with E-state index in [0.717, 1.165) is 32.0 Å².